The van der Waals surface area contributed by atoms with Crippen molar-refractivity contribution in [1.29, 1.82) is 0 Å². The Morgan fingerprint density at radius 1 is 0.550 bits per heavy atom. The number of carbonyl (C=O) groups is 3. The van der Waals surface area contributed by atoms with E-state index in [4.69, 9.17) is 0 Å². The maximum absolute atomic E-state index is 12.2. The molecule has 0 radical (unpaired) electrons. The molecule has 0 aromatic heterocycles. The summed E-state index contributed by atoms with van der Waals surface area (Å²) in [6.07, 6.45) is 0. The first-order valence-electron chi connectivity index (χ1n) is 5.63. The lowest BCUT2D eigenvalue weighted by molar-refractivity contribution is 0.103. The van der Waals surface area contributed by atoms with E-state index in [9.17, 15) is 14.4 Å². The minimum Gasteiger partial charge on any atom is -0.289 e. The molecule has 2 rings (SSSR count). The fourth-order valence-electron chi connectivity index (χ4n) is 1.67. The Hall–Kier alpha value is -1.59. The summed E-state index contributed by atoms with van der Waals surface area (Å²) in [5.74, 6) is -0.160. The first-order valence-corrected chi connectivity index (χ1v) is 7.22. The molecule has 2 aromatic rings. The number of benzene rings is 2. The summed E-state index contributed by atoms with van der Waals surface area (Å²) >= 11 is 5.70. The van der Waals surface area contributed by atoms with E-state index in [1.54, 1.807) is 48.5 Å². The van der Waals surface area contributed by atoms with Crippen LogP contribution in [0.15, 0.2) is 48.5 Å². The number of hydrogen-bond acceptors (Lipinski definition) is 3. The minimum atomic E-state index is -0.225. The van der Waals surface area contributed by atoms with Crippen molar-refractivity contribution in [3.63, 3.8) is 0 Å². The van der Waals surface area contributed by atoms with Crippen molar-refractivity contribution >= 4 is 47.0 Å². The molecule has 0 N–H and O–H groups in total. The SMILES string of the molecule is O=C(Br)c1ccc(C(=O)c2ccc(C(=O)Br)cc2)cc1. The Labute approximate surface area is 132 Å². The molecule has 0 saturated carbocycles. The summed E-state index contributed by atoms with van der Waals surface area (Å²) < 4.78 is -0.451. The molecule has 5 heteroatoms. The molecule has 0 aliphatic heterocycles. The fourth-order valence-corrected chi connectivity index (χ4v) is 2.20. The third-order valence-electron chi connectivity index (χ3n) is 2.75. The zero-order valence-electron chi connectivity index (χ0n) is 10.1. The Balaban J connectivity index is 2.26. The number of ketones is 1. The van der Waals surface area contributed by atoms with E-state index in [2.05, 4.69) is 31.9 Å². The molecule has 0 saturated heterocycles. The Kier molecular flexibility index (Phi) is 4.62. The van der Waals surface area contributed by atoms with E-state index in [0.717, 1.165) is 0 Å². The van der Waals surface area contributed by atoms with Gasteiger partial charge in [-0.1, -0.05) is 24.3 Å². The number of carbonyl (C=O) groups excluding carboxylic acids is 3. The van der Waals surface area contributed by atoms with Gasteiger partial charge < -0.3 is 0 Å². The van der Waals surface area contributed by atoms with Gasteiger partial charge in [-0.15, -0.1) is 0 Å². The van der Waals surface area contributed by atoms with E-state index < -0.39 is 0 Å². The highest BCUT2D eigenvalue weighted by Gasteiger charge is 2.11. The van der Waals surface area contributed by atoms with Gasteiger partial charge in [-0.25, -0.2) is 0 Å². The first kappa shape index (κ1) is 14.8. The van der Waals surface area contributed by atoms with Gasteiger partial charge in [0, 0.05) is 22.3 Å². The molecule has 0 fully saturated rings. The average molecular weight is 396 g/mol. The highest BCUT2D eigenvalue weighted by Crippen LogP contribution is 2.14. The summed E-state index contributed by atoms with van der Waals surface area (Å²) in [5, 5.41) is 0. The van der Waals surface area contributed by atoms with Gasteiger partial charge in [-0.05, 0) is 56.1 Å². The lowest BCUT2D eigenvalue weighted by Gasteiger charge is -2.03. The molecule has 3 nitrogen and oxygen atoms in total. The molecule has 0 aliphatic rings. The molecule has 100 valence electrons. The van der Waals surface area contributed by atoms with Gasteiger partial charge in [0.15, 0.2) is 5.78 Å². The van der Waals surface area contributed by atoms with Crippen molar-refractivity contribution in [2.75, 3.05) is 0 Å². The van der Waals surface area contributed by atoms with Crippen LogP contribution in [-0.2, 0) is 0 Å². The van der Waals surface area contributed by atoms with Gasteiger partial charge in [-0.3, -0.25) is 14.4 Å². The molecule has 0 heterocycles. The summed E-state index contributed by atoms with van der Waals surface area (Å²) in [4.78, 5) is 34.4. The van der Waals surface area contributed by atoms with Gasteiger partial charge in [0.25, 0.3) is 0 Å². The van der Waals surface area contributed by atoms with Crippen LogP contribution in [0.3, 0.4) is 0 Å². The molecular weight excluding hydrogens is 388 g/mol. The standard InChI is InChI=1S/C15H8Br2O3/c16-14(19)11-5-1-9(2-6-11)13(18)10-3-7-12(8-4-10)15(17)20/h1-8H. The normalized spacial score (nSPS) is 10.1. The Bertz CT molecular complexity index is 614. The van der Waals surface area contributed by atoms with Crippen LogP contribution in [0.5, 0.6) is 0 Å². The zero-order valence-corrected chi connectivity index (χ0v) is 13.3. The van der Waals surface area contributed by atoms with Crippen molar-refractivity contribution < 1.29 is 14.4 Å². The van der Waals surface area contributed by atoms with Crippen LogP contribution >= 0.6 is 31.9 Å². The van der Waals surface area contributed by atoms with Crippen molar-refractivity contribution in [2.24, 2.45) is 0 Å². The molecule has 0 amide bonds. The summed E-state index contributed by atoms with van der Waals surface area (Å²) in [6.45, 7) is 0. The number of halogens is 2. The van der Waals surface area contributed by atoms with Gasteiger partial charge in [0.2, 0.25) is 9.39 Å². The van der Waals surface area contributed by atoms with E-state index in [-0.39, 0.29) is 15.2 Å². The Morgan fingerprint density at radius 3 is 1.05 bits per heavy atom. The first-order chi connectivity index (χ1) is 9.49. The molecule has 0 unspecified atom stereocenters. The third-order valence-corrected chi connectivity index (χ3v) is 3.66. The second-order valence-electron chi connectivity index (χ2n) is 4.03. The maximum Gasteiger partial charge on any atom is 0.228 e. The lowest BCUT2D eigenvalue weighted by atomic mass is 10.0. The van der Waals surface area contributed by atoms with E-state index >= 15 is 0 Å². The second kappa shape index (κ2) is 6.24. The third kappa shape index (κ3) is 3.29. The van der Waals surface area contributed by atoms with Crippen LogP contribution in [0.25, 0.3) is 0 Å². The van der Waals surface area contributed by atoms with Crippen molar-refractivity contribution in [3.8, 4) is 0 Å². The van der Waals surface area contributed by atoms with E-state index in [1.807, 2.05) is 0 Å². The molecule has 2 aromatic carbocycles. The fraction of sp³-hybridized carbons (Fsp3) is 0. The van der Waals surface area contributed by atoms with Crippen molar-refractivity contribution in [1.82, 2.24) is 0 Å². The van der Waals surface area contributed by atoms with E-state index in [1.165, 1.54) is 0 Å². The number of hydrogen-bond donors (Lipinski definition) is 0. The quantitative estimate of drug-likeness (QED) is 0.581. The van der Waals surface area contributed by atoms with Crippen LogP contribution in [0.1, 0.15) is 36.6 Å². The number of rotatable bonds is 4. The van der Waals surface area contributed by atoms with Crippen LogP contribution in [-0.4, -0.2) is 15.2 Å². The smallest absolute Gasteiger partial charge is 0.228 e. The van der Waals surface area contributed by atoms with Gasteiger partial charge >= 0.3 is 0 Å². The van der Waals surface area contributed by atoms with Crippen LogP contribution in [0.2, 0.25) is 0 Å². The van der Waals surface area contributed by atoms with Gasteiger partial charge in [0.1, 0.15) is 0 Å². The van der Waals surface area contributed by atoms with Crippen LogP contribution in [0, 0.1) is 0 Å². The van der Waals surface area contributed by atoms with Crippen molar-refractivity contribution in [2.45, 2.75) is 0 Å². The molecular formula is C15H8Br2O3. The van der Waals surface area contributed by atoms with Crippen LogP contribution in [0.4, 0.5) is 0 Å². The van der Waals surface area contributed by atoms with Gasteiger partial charge in [-0.2, -0.15) is 0 Å². The molecule has 0 bridgehead atoms. The predicted octanol–water partition coefficient (Wildman–Crippen LogP) is 3.99. The largest absolute Gasteiger partial charge is 0.289 e. The lowest BCUT2D eigenvalue weighted by Crippen LogP contribution is -2.02. The second-order valence-corrected chi connectivity index (χ2v) is 5.47. The summed E-state index contributed by atoms with van der Waals surface area (Å²) in [6, 6.07) is 12.7. The predicted molar refractivity (Wildman–Crippen MR) is 82.8 cm³/mol. The highest BCUT2D eigenvalue weighted by atomic mass is 79.9. The summed E-state index contributed by atoms with van der Waals surface area (Å²) in [5.41, 5.74) is 1.95. The average Bonchev–Trinajstić information content (AvgIpc) is 2.46. The van der Waals surface area contributed by atoms with E-state index in [0.29, 0.717) is 22.3 Å². The summed E-state index contributed by atoms with van der Waals surface area (Å²) in [7, 11) is 0. The minimum absolute atomic E-state index is 0.160. The molecule has 20 heavy (non-hydrogen) atoms. The Morgan fingerprint density at radius 2 is 0.800 bits per heavy atom. The van der Waals surface area contributed by atoms with Crippen LogP contribution < -0.4 is 0 Å². The topological polar surface area (TPSA) is 51.2 Å². The monoisotopic (exact) mass is 394 g/mol. The highest BCUT2D eigenvalue weighted by molar-refractivity contribution is 9.18. The molecule has 0 spiro atoms. The van der Waals surface area contributed by atoms with Gasteiger partial charge in [0.05, 0.1) is 0 Å². The van der Waals surface area contributed by atoms with Crippen molar-refractivity contribution in [3.05, 3.63) is 70.8 Å². The molecule has 0 atom stereocenters. The zero-order chi connectivity index (χ0) is 14.7. The molecule has 0 aliphatic carbocycles. The maximum atomic E-state index is 12.2.